The number of hydrogen-bond donors (Lipinski definition) is 4. The van der Waals surface area contributed by atoms with E-state index in [2.05, 4.69) is 21.3 Å². The van der Waals surface area contributed by atoms with E-state index in [1.54, 1.807) is 72.8 Å². The summed E-state index contributed by atoms with van der Waals surface area (Å²) < 4.78 is 0. The molecule has 0 radical (unpaired) electrons. The number of carbonyl (C=O) groups is 3. The number of amides is 3. The molecule has 0 bridgehead atoms. The summed E-state index contributed by atoms with van der Waals surface area (Å²) in [6.45, 7) is 0.445. The Kier molecular flexibility index (Phi) is 8.07. The van der Waals surface area contributed by atoms with Gasteiger partial charge in [-0.05, 0) is 54.1 Å². The standard InChI is InChI=1S/C29H26N4O3/c34-27(32-25-15-8-16-26(18-25)33-29(36)22-11-5-2-6-12-22)20-30-24-14-7-13-23(17-24)28(35)31-19-21-9-3-1-4-10-21/h1-18,30H,19-20H2,(H,31,35)(H,32,34)(H,33,36). The molecule has 180 valence electrons. The number of hydrogen-bond acceptors (Lipinski definition) is 4. The van der Waals surface area contributed by atoms with Gasteiger partial charge >= 0.3 is 0 Å². The Hall–Kier alpha value is -4.91. The Morgan fingerprint density at radius 3 is 1.92 bits per heavy atom. The van der Waals surface area contributed by atoms with Crippen LogP contribution in [0.4, 0.5) is 17.1 Å². The molecule has 0 fully saturated rings. The molecule has 0 heterocycles. The first-order valence-corrected chi connectivity index (χ1v) is 11.5. The van der Waals surface area contributed by atoms with Crippen LogP contribution in [0.15, 0.2) is 109 Å². The van der Waals surface area contributed by atoms with Crippen molar-refractivity contribution in [2.45, 2.75) is 6.54 Å². The molecule has 0 unspecified atom stereocenters. The molecular weight excluding hydrogens is 452 g/mol. The van der Waals surface area contributed by atoms with Crippen LogP contribution in [0.2, 0.25) is 0 Å². The van der Waals surface area contributed by atoms with Crippen LogP contribution in [-0.2, 0) is 11.3 Å². The van der Waals surface area contributed by atoms with Gasteiger partial charge in [0.05, 0.1) is 6.54 Å². The third kappa shape index (κ3) is 7.04. The fraction of sp³-hybridized carbons (Fsp3) is 0.0690. The lowest BCUT2D eigenvalue weighted by molar-refractivity contribution is -0.114. The van der Waals surface area contributed by atoms with Gasteiger partial charge in [-0.25, -0.2) is 0 Å². The quantitative estimate of drug-likeness (QED) is 0.274. The number of rotatable bonds is 9. The van der Waals surface area contributed by atoms with Crippen molar-refractivity contribution in [3.63, 3.8) is 0 Å². The van der Waals surface area contributed by atoms with Crippen molar-refractivity contribution >= 4 is 34.8 Å². The van der Waals surface area contributed by atoms with Gasteiger partial charge in [-0.1, -0.05) is 60.7 Å². The van der Waals surface area contributed by atoms with E-state index in [9.17, 15) is 14.4 Å². The lowest BCUT2D eigenvalue weighted by Gasteiger charge is -2.11. The second-order valence-corrected chi connectivity index (χ2v) is 8.05. The predicted molar refractivity (Wildman–Crippen MR) is 142 cm³/mol. The molecule has 0 saturated carbocycles. The van der Waals surface area contributed by atoms with Crippen LogP contribution in [0, 0.1) is 0 Å². The van der Waals surface area contributed by atoms with Crippen molar-refractivity contribution < 1.29 is 14.4 Å². The maximum absolute atomic E-state index is 12.5. The molecule has 7 nitrogen and oxygen atoms in total. The Labute approximate surface area is 209 Å². The fourth-order valence-corrected chi connectivity index (χ4v) is 3.51. The SMILES string of the molecule is O=C(CNc1cccc(C(=O)NCc2ccccc2)c1)Nc1cccc(NC(=O)c2ccccc2)c1. The highest BCUT2D eigenvalue weighted by Gasteiger charge is 2.09. The highest BCUT2D eigenvalue weighted by Crippen LogP contribution is 2.17. The summed E-state index contributed by atoms with van der Waals surface area (Å²) in [6, 6.07) is 32.5. The van der Waals surface area contributed by atoms with Crippen LogP contribution in [0.3, 0.4) is 0 Å². The molecule has 36 heavy (non-hydrogen) atoms. The zero-order valence-corrected chi connectivity index (χ0v) is 19.5. The molecule has 0 aliphatic heterocycles. The molecule has 0 spiro atoms. The summed E-state index contributed by atoms with van der Waals surface area (Å²) in [7, 11) is 0. The van der Waals surface area contributed by atoms with Gasteiger partial charge in [0.1, 0.15) is 0 Å². The highest BCUT2D eigenvalue weighted by atomic mass is 16.2. The van der Waals surface area contributed by atoms with Gasteiger partial charge in [-0.2, -0.15) is 0 Å². The van der Waals surface area contributed by atoms with Crippen molar-refractivity contribution in [1.82, 2.24) is 5.32 Å². The van der Waals surface area contributed by atoms with Gasteiger partial charge in [0, 0.05) is 34.7 Å². The lowest BCUT2D eigenvalue weighted by atomic mass is 10.1. The van der Waals surface area contributed by atoms with Crippen molar-refractivity contribution in [2.75, 3.05) is 22.5 Å². The van der Waals surface area contributed by atoms with E-state index in [0.717, 1.165) is 5.56 Å². The lowest BCUT2D eigenvalue weighted by Crippen LogP contribution is -2.24. The number of benzene rings is 4. The van der Waals surface area contributed by atoms with Crippen molar-refractivity contribution in [2.24, 2.45) is 0 Å². The van der Waals surface area contributed by atoms with E-state index in [-0.39, 0.29) is 24.3 Å². The third-order valence-electron chi connectivity index (χ3n) is 5.31. The molecule has 4 aromatic carbocycles. The fourth-order valence-electron chi connectivity index (χ4n) is 3.51. The third-order valence-corrected chi connectivity index (χ3v) is 5.31. The Bertz CT molecular complexity index is 1340. The molecule has 4 rings (SSSR count). The summed E-state index contributed by atoms with van der Waals surface area (Å²) >= 11 is 0. The van der Waals surface area contributed by atoms with Crippen molar-refractivity contribution in [3.8, 4) is 0 Å². The molecule has 4 N–H and O–H groups in total. The summed E-state index contributed by atoms with van der Waals surface area (Å²) in [5, 5.41) is 11.6. The van der Waals surface area contributed by atoms with Crippen LogP contribution >= 0.6 is 0 Å². The number of nitrogens with one attached hydrogen (secondary N) is 4. The normalized spacial score (nSPS) is 10.2. The van der Waals surface area contributed by atoms with Gasteiger partial charge in [0.25, 0.3) is 11.8 Å². The van der Waals surface area contributed by atoms with Crippen LogP contribution in [0.5, 0.6) is 0 Å². The minimum Gasteiger partial charge on any atom is -0.376 e. The largest absolute Gasteiger partial charge is 0.376 e. The minimum atomic E-state index is -0.263. The van der Waals surface area contributed by atoms with Gasteiger partial charge in [-0.15, -0.1) is 0 Å². The Morgan fingerprint density at radius 2 is 1.17 bits per heavy atom. The second-order valence-electron chi connectivity index (χ2n) is 8.05. The molecule has 0 aliphatic rings. The first kappa shape index (κ1) is 24.2. The van der Waals surface area contributed by atoms with Crippen molar-refractivity contribution in [1.29, 1.82) is 0 Å². The first-order valence-electron chi connectivity index (χ1n) is 11.5. The van der Waals surface area contributed by atoms with Gasteiger partial charge in [0.15, 0.2) is 0 Å². The van der Waals surface area contributed by atoms with E-state index in [1.807, 2.05) is 36.4 Å². The molecule has 0 atom stereocenters. The van der Waals surface area contributed by atoms with E-state index in [4.69, 9.17) is 0 Å². The van der Waals surface area contributed by atoms with Crippen LogP contribution in [0.1, 0.15) is 26.3 Å². The van der Waals surface area contributed by atoms with Gasteiger partial charge in [0.2, 0.25) is 5.91 Å². The molecule has 7 heteroatoms. The van der Waals surface area contributed by atoms with Crippen LogP contribution < -0.4 is 21.3 Å². The zero-order chi connectivity index (χ0) is 25.2. The Morgan fingerprint density at radius 1 is 0.556 bits per heavy atom. The summed E-state index contributed by atoms with van der Waals surface area (Å²) in [5.74, 6) is -0.685. The molecular formula is C29H26N4O3. The summed E-state index contributed by atoms with van der Waals surface area (Å²) in [6.07, 6.45) is 0. The number of carbonyl (C=O) groups excluding carboxylic acids is 3. The summed E-state index contributed by atoms with van der Waals surface area (Å²) in [5.41, 5.74) is 3.85. The zero-order valence-electron chi connectivity index (χ0n) is 19.5. The molecule has 0 saturated heterocycles. The average molecular weight is 479 g/mol. The van der Waals surface area contributed by atoms with Crippen LogP contribution in [0.25, 0.3) is 0 Å². The smallest absolute Gasteiger partial charge is 0.255 e. The van der Waals surface area contributed by atoms with E-state index >= 15 is 0 Å². The molecule has 4 aromatic rings. The summed E-state index contributed by atoms with van der Waals surface area (Å²) in [4.78, 5) is 37.3. The molecule has 0 aliphatic carbocycles. The maximum atomic E-state index is 12.5. The minimum absolute atomic E-state index is 0.00961. The van der Waals surface area contributed by atoms with E-state index < -0.39 is 0 Å². The van der Waals surface area contributed by atoms with Gasteiger partial charge in [-0.3, -0.25) is 14.4 Å². The Balaban J connectivity index is 1.28. The predicted octanol–water partition coefficient (Wildman–Crippen LogP) is 4.92. The number of anilines is 3. The topological polar surface area (TPSA) is 99.3 Å². The molecule has 0 aromatic heterocycles. The second kappa shape index (κ2) is 12.0. The average Bonchev–Trinajstić information content (AvgIpc) is 2.92. The van der Waals surface area contributed by atoms with E-state index in [1.165, 1.54) is 0 Å². The highest BCUT2D eigenvalue weighted by molar-refractivity contribution is 6.04. The van der Waals surface area contributed by atoms with Gasteiger partial charge < -0.3 is 21.3 Å². The van der Waals surface area contributed by atoms with Crippen LogP contribution in [-0.4, -0.2) is 24.3 Å². The van der Waals surface area contributed by atoms with E-state index in [0.29, 0.717) is 34.7 Å². The first-order chi connectivity index (χ1) is 17.6. The molecule has 3 amide bonds. The van der Waals surface area contributed by atoms with Crippen molar-refractivity contribution in [3.05, 3.63) is 126 Å². The monoisotopic (exact) mass is 478 g/mol. The maximum Gasteiger partial charge on any atom is 0.255 e.